The first-order valence-corrected chi connectivity index (χ1v) is 5.88. The van der Waals surface area contributed by atoms with Crippen LogP contribution in [0.15, 0.2) is 24.3 Å². The van der Waals surface area contributed by atoms with Crippen LogP contribution >= 0.6 is 0 Å². The Morgan fingerprint density at radius 1 is 1.12 bits per heavy atom. The normalized spacial score (nSPS) is 13.7. The maximum Gasteiger partial charge on any atom is 0.407 e. The Kier molecular flexibility index (Phi) is 5.00. The van der Waals surface area contributed by atoms with Crippen molar-refractivity contribution in [3.63, 3.8) is 0 Å². The fraction of sp³-hybridized carbons (Fsp3) is 0.538. The summed E-state index contributed by atoms with van der Waals surface area (Å²) in [5, 5.41) is 2.54. The van der Waals surface area contributed by atoms with Crippen LogP contribution in [-0.2, 0) is 6.42 Å². The van der Waals surface area contributed by atoms with E-state index in [2.05, 4.69) is 5.32 Å². The molecule has 0 amide bonds. The third kappa shape index (κ3) is 4.04. The Balaban J connectivity index is 2.88. The zero-order chi connectivity index (χ0) is 12.9. The van der Waals surface area contributed by atoms with Crippen molar-refractivity contribution >= 4 is 0 Å². The standard InChI is InChI=1S/C13H18F3N/c1-3-9-17-12(13(14,15)16)11-7-5-10(4-2)6-8-11/h5-8,12,17H,3-4,9H2,1-2H3. The highest BCUT2D eigenvalue weighted by molar-refractivity contribution is 5.26. The Morgan fingerprint density at radius 2 is 1.71 bits per heavy atom. The van der Waals surface area contributed by atoms with E-state index in [0.29, 0.717) is 13.0 Å². The SMILES string of the molecule is CCCNC(c1ccc(CC)cc1)C(F)(F)F. The van der Waals surface area contributed by atoms with E-state index >= 15 is 0 Å². The molecule has 0 saturated carbocycles. The molecule has 0 fully saturated rings. The largest absolute Gasteiger partial charge is 0.407 e. The van der Waals surface area contributed by atoms with Gasteiger partial charge in [-0.1, -0.05) is 38.1 Å². The smallest absolute Gasteiger partial charge is 0.302 e. The quantitative estimate of drug-likeness (QED) is 0.830. The van der Waals surface area contributed by atoms with Gasteiger partial charge in [-0.05, 0) is 30.5 Å². The van der Waals surface area contributed by atoms with Gasteiger partial charge < -0.3 is 5.32 Å². The summed E-state index contributed by atoms with van der Waals surface area (Å²) < 4.78 is 38.5. The van der Waals surface area contributed by atoms with E-state index in [1.807, 2.05) is 13.8 Å². The van der Waals surface area contributed by atoms with E-state index in [1.165, 1.54) is 0 Å². The Bertz CT molecular complexity index is 330. The minimum atomic E-state index is -4.25. The average Bonchev–Trinajstić information content (AvgIpc) is 2.29. The minimum absolute atomic E-state index is 0.281. The van der Waals surface area contributed by atoms with Gasteiger partial charge in [0.05, 0.1) is 0 Å². The van der Waals surface area contributed by atoms with Gasteiger partial charge in [-0.15, -0.1) is 0 Å². The number of alkyl halides is 3. The lowest BCUT2D eigenvalue weighted by Crippen LogP contribution is -2.34. The topological polar surface area (TPSA) is 12.0 Å². The first-order valence-electron chi connectivity index (χ1n) is 5.88. The van der Waals surface area contributed by atoms with Crippen molar-refractivity contribution in [1.29, 1.82) is 0 Å². The van der Waals surface area contributed by atoms with Gasteiger partial charge in [0.1, 0.15) is 6.04 Å². The van der Waals surface area contributed by atoms with E-state index in [0.717, 1.165) is 12.0 Å². The van der Waals surface area contributed by atoms with Crippen LogP contribution in [0.2, 0.25) is 0 Å². The molecule has 0 aliphatic heterocycles. The summed E-state index contributed by atoms with van der Waals surface area (Å²) in [5.74, 6) is 0. The maximum absolute atomic E-state index is 12.8. The molecule has 1 unspecified atom stereocenters. The van der Waals surface area contributed by atoms with Gasteiger partial charge in [0, 0.05) is 0 Å². The lowest BCUT2D eigenvalue weighted by atomic mass is 10.0. The molecule has 0 aliphatic rings. The molecule has 0 heterocycles. The van der Waals surface area contributed by atoms with Crippen molar-refractivity contribution in [2.45, 2.75) is 38.9 Å². The summed E-state index contributed by atoms with van der Waals surface area (Å²) in [6.07, 6.45) is -2.73. The van der Waals surface area contributed by atoms with Crippen molar-refractivity contribution in [3.8, 4) is 0 Å². The van der Waals surface area contributed by atoms with Gasteiger partial charge in [0.25, 0.3) is 0 Å². The van der Waals surface area contributed by atoms with Gasteiger partial charge >= 0.3 is 6.18 Å². The molecule has 0 spiro atoms. The van der Waals surface area contributed by atoms with E-state index in [1.54, 1.807) is 24.3 Å². The average molecular weight is 245 g/mol. The molecule has 17 heavy (non-hydrogen) atoms. The number of nitrogens with one attached hydrogen (secondary N) is 1. The number of aryl methyl sites for hydroxylation is 1. The number of halogens is 3. The Hall–Kier alpha value is -1.03. The summed E-state index contributed by atoms with van der Waals surface area (Å²) in [7, 11) is 0. The van der Waals surface area contributed by atoms with E-state index in [9.17, 15) is 13.2 Å². The summed E-state index contributed by atoms with van der Waals surface area (Å²) in [5.41, 5.74) is 1.33. The van der Waals surface area contributed by atoms with E-state index < -0.39 is 12.2 Å². The zero-order valence-electron chi connectivity index (χ0n) is 10.1. The van der Waals surface area contributed by atoms with Crippen LogP contribution in [0.5, 0.6) is 0 Å². The molecule has 0 aromatic heterocycles. The predicted octanol–water partition coefficient (Wildman–Crippen LogP) is 3.85. The molecule has 1 aromatic rings. The monoisotopic (exact) mass is 245 g/mol. The van der Waals surface area contributed by atoms with Gasteiger partial charge in [0.2, 0.25) is 0 Å². The summed E-state index contributed by atoms with van der Waals surface area (Å²) >= 11 is 0. The molecule has 1 nitrogen and oxygen atoms in total. The van der Waals surface area contributed by atoms with E-state index in [-0.39, 0.29) is 5.56 Å². The fourth-order valence-electron chi connectivity index (χ4n) is 1.66. The summed E-state index contributed by atoms with van der Waals surface area (Å²) in [6, 6.07) is 5.05. The van der Waals surface area contributed by atoms with Crippen molar-refractivity contribution < 1.29 is 13.2 Å². The van der Waals surface area contributed by atoms with Crippen LogP contribution < -0.4 is 5.32 Å². The second-order valence-electron chi connectivity index (χ2n) is 4.02. The number of hydrogen-bond acceptors (Lipinski definition) is 1. The molecule has 1 rings (SSSR count). The molecular formula is C13H18F3N. The predicted molar refractivity (Wildman–Crippen MR) is 62.9 cm³/mol. The highest BCUT2D eigenvalue weighted by atomic mass is 19.4. The lowest BCUT2D eigenvalue weighted by Gasteiger charge is -2.22. The van der Waals surface area contributed by atoms with Gasteiger partial charge in [0.15, 0.2) is 0 Å². The first-order chi connectivity index (χ1) is 7.99. The fourth-order valence-corrected chi connectivity index (χ4v) is 1.66. The van der Waals surface area contributed by atoms with Gasteiger partial charge in [-0.25, -0.2) is 0 Å². The highest BCUT2D eigenvalue weighted by Gasteiger charge is 2.40. The summed E-state index contributed by atoms with van der Waals surface area (Å²) in [4.78, 5) is 0. The molecular weight excluding hydrogens is 227 g/mol. The minimum Gasteiger partial charge on any atom is -0.302 e. The molecule has 1 aromatic carbocycles. The number of benzene rings is 1. The van der Waals surface area contributed by atoms with Crippen molar-refractivity contribution in [3.05, 3.63) is 35.4 Å². The lowest BCUT2D eigenvalue weighted by molar-refractivity contribution is -0.157. The third-order valence-corrected chi connectivity index (χ3v) is 2.65. The Morgan fingerprint density at radius 3 is 2.12 bits per heavy atom. The van der Waals surface area contributed by atoms with Crippen LogP contribution in [0.25, 0.3) is 0 Å². The van der Waals surface area contributed by atoms with Crippen LogP contribution in [0, 0.1) is 0 Å². The number of rotatable bonds is 5. The number of hydrogen-bond donors (Lipinski definition) is 1. The van der Waals surface area contributed by atoms with Gasteiger partial charge in [-0.3, -0.25) is 0 Å². The molecule has 4 heteroatoms. The third-order valence-electron chi connectivity index (χ3n) is 2.65. The molecule has 0 saturated heterocycles. The van der Waals surface area contributed by atoms with E-state index in [4.69, 9.17) is 0 Å². The highest BCUT2D eigenvalue weighted by Crippen LogP contribution is 2.32. The van der Waals surface area contributed by atoms with Crippen LogP contribution in [-0.4, -0.2) is 12.7 Å². The molecule has 0 bridgehead atoms. The van der Waals surface area contributed by atoms with Gasteiger partial charge in [-0.2, -0.15) is 13.2 Å². The van der Waals surface area contributed by atoms with Crippen LogP contribution in [0.1, 0.15) is 37.4 Å². The second kappa shape index (κ2) is 6.05. The van der Waals surface area contributed by atoms with Crippen molar-refractivity contribution in [2.24, 2.45) is 0 Å². The second-order valence-corrected chi connectivity index (χ2v) is 4.02. The summed E-state index contributed by atoms with van der Waals surface area (Å²) in [6.45, 7) is 4.19. The first kappa shape index (κ1) is 14.0. The Labute approximate surface area is 100 Å². The molecule has 96 valence electrons. The van der Waals surface area contributed by atoms with Crippen LogP contribution in [0.3, 0.4) is 0 Å². The van der Waals surface area contributed by atoms with Crippen molar-refractivity contribution in [1.82, 2.24) is 5.32 Å². The molecule has 1 atom stereocenters. The van der Waals surface area contributed by atoms with Crippen molar-refractivity contribution in [2.75, 3.05) is 6.54 Å². The maximum atomic E-state index is 12.8. The molecule has 0 aliphatic carbocycles. The zero-order valence-corrected chi connectivity index (χ0v) is 10.1. The molecule has 0 radical (unpaired) electrons. The molecule has 1 N–H and O–H groups in total. The van der Waals surface area contributed by atoms with Crippen LogP contribution in [0.4, 0.5) is 13.2 Å².